The molecule has 0 bridgehead atoms. The van der Waals surface area contributed by atoms with Gasteiger partial charge in [-0.05, 0) is 45.4 Å². The molecule has 1 aliphatic heterocycles. The van der Waals surface area contributed by atoms with Crippen LogP contribution < -0.4 is 19.5 Å². The number of carbonyl (C=O) groups excluding carboxylic acids is 1. The Morgan fingerprint density at radius 2 is 1.67 bits per heavy atom. The number of rotatable bonds is 7. The smallest absolute Gasteiger partial charge is 0.225 e. The quantitative estimate of drug-likeness (QED) is 0.765. The molecule has 0 unspecified atom stereocenters. The third-order valence-corrected chi connectivity index (χ3v) is 4.41. The second-order valence-electron chi connectivity index (χ2n) is 6.76. The number of anilines is 1. The second kappa shape index (κ2) is 8.33. The van der Waals surface area contributed by atoms with E-state index in [4.69, 9.17) is 14.2 Å². The lowest BCUT2D eigenvalue weighted by Crippen LogP contribution is -2.24. The predicted molar refractivity (Wildman–Crippen MR) is 106 cm³/mol. The van der Waals surface area contributed by atoms with Crippen molar-refractivity contribution in [2.24, 2.45) is 0 Å². The lowest BCUT2D eigenvalue weighted by Gasteiger charge is -2.29. The molecule has 0 saturated carbocycles. The molecule has 144 valence electrons. The van der Waals surface area contributed by atoms with Gasteiger partial charge in [-0.3, -0.25) is 4.79 Å². The van der Waals surface area contributed by atoms with Crippen LogP contribution in [0.15, 0.2) is 36.4 Å². The lowest BCUT2D eigenvalue weighted by atomic mass is 9.84. The van der Waals surface area contributed by atoms with Crippen molar-refractivity contribution in [3.63, 3.8) is 0 Å². The summed E-state index contributed by atoms with van der Waals surface area (Å²) in [6.45, 7) is 8.94. The molecule has 2 aromatic rings. The molecule has 27 heavy (non-hydrogen) atoms. The number of nitrogens with one attached hydrogen (secondary N) is 1. The van der Waals surface area contributed by atoms with Gasteiger partial charge < -0.3 is 19.5 Å². The van der Waals surface area contributed by atoms with E-state index in [1.54, 1.807) is 0 Å². The van der Waals surface area contributed by atoms with Gasteiger partial charge in [0.15, 0.2) is 11.5 Å². The Kier molecular flexibility index (Phi) is 5.89. The Morgan fingerprint density at radius 1 is 1.00 bits per heavy atom. The van der Waals surface area contributed by atoms with Crippen molar-refractivity contribution in [1.29, 1.82) is 0 Å². The molecule has 1 N–H and O–H groups in total. The van der Waals surface area contributed by atoms with Gasteiger partial charge in [-0.25, -0.2) is 0 Å². The van der Waals surface area contributed by atoms with Crippen molar-refractivity contribution >= 4 is 11.6 Å². The van der Waals surface area contributed by atoms with Crippen LogP contribution in [0.4, 0.5) is 5.69 Å². The molecule has 0 aliphatic carbocycles. The third-order valence-electron chi connectivity index (χ3n) is 4.41. The molecule has 0 fully saturated rings. The fourth-order valence-electron chi connectivity index (χ4n) is 3.41. The van der Waals surface area contributed by atoms with Gasteiger partial charge in [0, 0.05) is 29.7 Å². The first-order valence-electron chi connectivity index (χ1n) is 9.52. The van der Waals surface area contributed by atoms with E-state index in [0.717, 1.165) is 22.6 Å². The Bertz CT molecular complexity index is 816. The summed E-state index contributed by atoms with van der Waals surface area (Å²) in [5.41, 5.74) is 2.79. The summed E-state index contributed by atoms with van der Waals surface area (Å²) in [5, 5.41) is 2.97. The van der Waals surface area contributed by atoms with Gasteiger partial charge in [0.05, 0.1) is 19.3 Å². The van der Waals surface area contributed by atoms with E-state index in [-0.39, 0.29) is 17.9 Å². The lowest BCUT2D eigenvalue weighted by molar-refractivity contribution is -0.116. The number of carbonyl (C=O) groups is 1. The largest absolute Gasteiger partial charge is 0.491 e. The molecule has 0 aromatic heterocycles. The highest BCUT2D eigenvalue weighted by atomic mass is 16.5. The summed E-state index contributed by atoms with van der Waals surface area (Å²) >= 11 is 0. The van der Waals surface area contributed by atoms with Crippen LogP contribution in [-0.2, 0) is 4.79 Å². The highest BCUT2D eigenvalue weighted by molar-refractivity contribution is 5.96. The van der Waals surface area contributed by atoms with Crippen LogP contribution in [0, 0.1) is 0 Å². The molecule has 2 aromatic carbocycles. The van der Waals surface area contributed by atoms with E-state index in [0.29, 0.717) is 31.1 Å². The minimum absolute atomic E-state index is 0.0153. The van der Waals surface area contributed by atoms with Crippen molar-refractivity contribution in [3.8, 4) is 17.2 Å². The molecule has 0 saturated heterocycles. The van der Waals surface area contributed by atoms with E-state index in [1.807, 2.05) is 64.1 Å². The number of hydrogen-bond donors (Lipinski definition) is 1. The standard InChI is InChI=1S/C22H27NO4/c1-5-25-20-11-17-16(15-9-7-8-10-19(15)27-14(3)4)12-22(24)23-18(17)13-21(20)26-6-2/h7-11,13-14,16H,5-6,12H2,1-4H3,(H,23,24)/t16-/m0/s1. The second-order valence-corrected chi connectivity index (χ2v) is 6.76. The third kappa shape index (κ3) is 4.18. The Balaban J connectivity index is 2.10. The van der Waals surface area contributed by atoms with Crippen molar-refractivity contribution in [1.82, 2.24) is 0 Å². The topological polar surface area (TPSA) is 56.8 Å². The van der Waals surface area contributed by atoms with Crippen LogP contribution in [0.1, 0.15) is 51.2 Å². The maximum Gasteiger partial charge on any atom is 0.225 e. The number of benzene rings is 2. The zero-order valence-corrected chi connectivity index (χ0v) is 16.4. The molecule has 5 heteroatoms. The minimum Gasteiger partial charge on any atom is -0.491 e. The van der Waals surface area contributed by atoms with Crippen molar-refractivity contribution in [2.75, 3.05) is 18.5 Å². The Hall–Kier alpha value is -2.69. The van der Waals surface area contributed by atoms with E-state index in [9.17, 15) is 4.79 Å². The molecule has 0 spiro atoms. The average Bonchev–Trinajstić information content (AvgIpc) is 2.62. The van der Waals surface area contributed by atoms with Gasteiger partial charge in [-0.15, -0.1) is 0 Å². The van der Waals surface area contributed by atoms with Crippen molar-refractivity contribution in [3.05, 3.63) is 47.5 Å². The number of ether oxygens (including phenoxy) is 3. The highest BCUT2D eigenvalue weighted by Crippen LogP contribution is 2.45. The summed E-state index contributed by atoms with van der Waals surface area (Å²) < 4.78 is 17.5. The average molecular weight is 369 g/mol. The van der Waals surface area contributed by atoms with E-state index in [2.05, 4.69) is 5.32 Å². The number of para-hydroxylation sites is 1. The summed E-state index contributed by atoms with van der Waals surface area (Å²) in [7, 11) is 0. The number of fused-ring (bicyclic) bond motifs is 1. The Labute approximate surface area is 160 Å². The monoisotopic (exact) mass is 369 g/mol. The van der Waals surface area contributed by atoms with Crippen LogP contribution in [0.2, 0.25) is 0 Å². The van der Waals surface area contributed by atoms with Crippen molar-refractivity contribution in [2.45, 2.75) is 46.1 Å². The fourth-order valence-corrected chi connectivity index (χ4v) is 3.41. The van der Waals surface area contributed by atoms with E-state index >= 15 is 0 Å². The van der Waals surface area contributed by atoms with Gasteiger partial charge in [-0.2, -0.15) is 0 Å². The molecule has 1 aliphatic rings. The first-order valence-corrected chi connectivity index (χ1v) is 9.52. The van der Waals surface area contributed by atoms with E-state index < -0.39 is 0 Å². The summed E-state index contributed by atoms with van der Waals surface area (Å²) in [6.07, 6.45) is 0.424. The highest BCUT2D eigenvalue weighted by Gasteiger charge is 2.30. The molecular weight excluding hydrogens is 342 g/mol. The summed E-state index contributed by atoms with van der Waals surface area (Å²) in [6, 6.07) is 11.8. The summed E-state index contributed by atoms with van der Waals surface area (Å²) in [5.74, 6) is 2.04. The first kappa shape index (κ1) is 19.1. The van der Waals surface area contributed by atoms with Crippen LogP contribution in [-0.4, -0.2) is 25.2 Å². The molecule has 1 amide bonds. The first-order chi connectivity index (χ1) is 13.0. The molecule has 0 radical (unpaired) electrons. The number of hydrogen-bond acceptors (Lipinski definition) is 4. The van der Waals surface area contributed by atoms with Crippen LogP contribution in [0.25, 0.3) is 0 Å². The fraction of sp³-hybridized carbons (Fsp3) is 0.409. The van der Waals surface area contributed by atoms with Gasteiger partial charge in [0.2, 0.25) is 5.91 Å². The SMILES string of the molecule is CCOc1cc2c(cc1OCC)[C@H](c1ccccc1OC(C)C)CC(=O)N2. The van der Waals surface area contributed by atoms with Crippen LogP contribution in [0.3, 0.4) is 0 Å². The van der Waals surface area contributed by atoms with Gasteiger partial charge in [0.25, 0.3) is 0 Å². The minimum atomic E-state index is -0.0985. The molecule has 5 nitrogen and oxygen atoms in total. The zero-order chi connectivity index (χ0) is 19.4. The number of amides is 1. The molecule has 1 atom stereocenters. The zero-order valence-electron chi connectivity index (χ0n) is 16.4. The maximum atomic E-state index is 12.4. The summed E-state index contributed by atoms with van der Waals surface area (Å²) in [4.78, 5) is 12.4. The van der Waals surface area contributed by atoms with E-state index in [1.165, 1.54) is 0 Å². The van der Waals surface area contributed by atoms with Gasteiger partial charge in [0.1, 0.15) is 5.75 Å². The molecule has 1 heterocycles. The van der Waals surface area contributed by atoms with Gasteiger partial charge >= 0.3 is 0 Å². The normalized spacial score (nSPS) is 15.9. The molecule has 3 rings (SSSR count). The van der Waals surface area contributed by atoms with Crippen LogP contribution in [0.5, 0.6) is 17.2 Å². The van der Waals surface area contributed by atoms with Gasteiger partial charge in [-0.1, -0.05) is 18.2 Å². The molecular formula is C22H27NO4. The van der Waals surface area contributed by atoms with Crippen LogP contribution >= 0.6 is 0 Å². The maximum absolute atomic E-state index is 12.4. The van der Waals surface area contributed by atoms with Crippen molar-refractivity contribution < 1.29 is 19.0 Å². The predicted octanol–water partition coefficient (Wildman–Crippen LogP) is 4.75. The Morgan fingerprint density at radius 3 is 2.33 bits per heavy atom.